The van der Waals surface area contributed by atoms with Crippen LogP contribution in [0.15, 0.2) is 22.8 Å². The van der Waals surface area contributed by atoms with Crippen LogP contribution in [0.4, 0.5) is 0 Å². The van der Waals surface area contributed by atoms with Gasteiger partial charge in [0.25, 0.3) is 5.91 Å². The molecule has 0 aliphatic carbocycles. The molecule has 8 nitrogen and oxygen atoms in total. The molecule has 0 radical (unpaired) electrons. The quantitative estimate of drug-likeness (QED) is 0.541. The third-order valence-electron chi connectivity index (χ3n) is 3.74. The number of methoxy groups -OCH3 is 1. The fraction of sp³-hybridized carbons (Fsp3) is 0.562. The smallest absolute Gasteiger partial charge is 0.312 e. The van der Waals surface area contributed by atoms with Gasteiger partial charge in [0.15, 0.2) is 6.10 Å². The molecule has 2 atom stereocenters. The van der Waals surface area contributed by atoms with E-state index in [0.717, 1.165) is 0 Å². The van der Waals surface area contributed by atoms with E-state index in [1.54, 1.807) is 17.0 Å². The van der Waals surface area contributed by atoms with Crippen molar-refractivity contribution in [2.24, 2.45) is 5.92 Å². The number of esters is 1. The third-order valence-corrected chi connectivity index (χ3v) is 3.74. The molecule has 1 aromatic heterocycles. The van der Waals surface area contributed by atoms with Crippen LogP contribution in [0.2, 0.25) is 0 Å². The Balaban J connectivity index is 1.80. The minimum Gasteiger partial charge on any atom is -0.467 e. The molecule has 1 saturated heterocycles. The summed E-state index contributed by atoms with van der Waals surface area (Å²) in [5, 5.41) is 2.60. The number of carbonyl (C=O) groups excluding carboxylic acids is 3. The van der Waals surface area contributed by atoms with Crippen molar-refractivity contribution in [2.45, 2.75) is 26.0 Å². The fourth-order valence-corrected chi connectivity index (χ4v) is 2.42. The SMILES string of the molecule is COCCNC(=O)[C@@H](C)OC(=O)[C@H]1CC(=O)N(Cc2ccco2)C1. The van der Waals surface area contributed by atoms with Crippen LogP contribution >= 0.6 is 0 Å². The Kier molecular flexibility index (Phi) is 6.36. The molecule has 0 unspecified atom stereocenters. The highest BCUT2D eigenvalue weighted by Gasteiger charge is 2.36. The van der Waals surface area contributed by atoms with Gasteiger partial charge >= 0.3 is 5.97 Å². The highest BCUT2D eigenvalue weighted by molar-refractivity contribution is 5.88. The molecule has 2 amide bonds. The second-order valence-corrected chi connectivity index (χ2v) is 5.62. The van der Waals surface area contributed by atoms with E-state index < -0.39 is 23.9 Å². The van der Waals surface area contributed by atoms with Gasteiger partial charge in [-0.3, -0.25) is 14.4 Å². The first kappa shape index (κ1) is 18.0. The number of rotatable bonds is 8. The molecular weight excluding hydrogens is 316 g/mol. The van der Waals surface area contributed by atoms with E-state index >= 15 is 0 Å². The zero-order valence-corrected chi connectivity index (χ0v) is 13.8. The Morgan fingerprint density at radius 3 is 2.96 bits per heavy atom. The van der Waals surface area contributed by atoms with E-state index in [0.29, 0.717) is 25.5 Å². The van der Waals surface area contributed by atoms with Crippen LogP contribution in [0.1, 0.15) is 19.1 Å². The van der Waals surface area contributed by atoms with Crippen molar-refractivity contribution in [1.29, 1.82) is 0 Å². The highest BCUT2D eigenvalue weighted by Crippen LogP contribution is 2.22. The number of hydrogen-bond acceptors (Lipinski definition) is 6. The Labute approximate surface area is 140 Å². The number of furan rings is 1. The van der Waals surface area contributed by atoms with Crippen LogP contribution in [0.5, 0.6) is 0 Å². The summed E-state index contributed by atoms with van der Waals surface area (Å²) in [4.78, 5) is 37.5. The lowest BCUT2D eigenvalue weighted by Gasteiger charge is -2.17. The lowest BCUT2D eigenvalue weighted by molar-refractivity contribution is -0.158. The summed E-state index contributed by atoms with van der Waals surface area (Å²) in [6.45, 7) is 2.80. The van der Waals surface area contributed by atoms with Gasteiger partial charge in [0, 0.05) is 26.6 Å². The summed E-state index contributed by atoms with van der Waals surface area (Å²) in [6, 6.07) is 3.51. The number of nitrogens with one attached hydrogen (secondary N) is 1. The predicted octanol–water partition coefficient (Wildman–Crippen LogP) is 0.322. The monoisotopic (exact) mass is 338 g/mol. The maximum Gasteiger partial charge on any atom is 0.312 e. The number of nitrogens with zero attached hydrogens (tertiary/aromatic N) is 1. The summed E-state index contributed by atoms with van der Waals surface area (Å²) in [5.74, 6) is -0.979. The Bertz CT molecular complexity index is 571. The van der Waals surface area contributed by atoms with Gasteiger partial charge in [-0.05, 0) is 19.1 Å². The first-order valence-corrected chi connectivity index (χ1v) is 7.78. The predicted molar refractivity (Wildman–Crippen MR) is 82.7 cm³/mol. The zero-order chi connectivity index (χ0) is 17.5. The molecule has 2 rings (SSSR count). The summed E-state index contributed by atoms with van der Waals surface area (Å²) in [5.41, 5.74) is 0. The van der Waals surface area contributed by atoms with E-state index in [2.05, 4.69) is 5.32 Å². The number of carbonyl (C=O) groups is 3. The maximum atomic E-state index is 12.2. The molecule has 2 heterocycles. The van der Waals surface area contributed by atoms with Crippen molar-refractivity contribution in [3.63, 3.8) is 0 Å². The molecule has 1 aliphatic heterocycles. The third kappa shape index (κ3) is 4.82. The van der Waals surface area contributed by atoms with Gasteiger partial charge < -0.3 is 24.1 Å². The van der Waals surface area contributed by atoms with E-state index in [9.17, 15) is 14.4 Å². The molecule has 1 N–H and O–H groups in total. The van der Waals surface area contributed by atoms with Gasteiger partial charge in [-0.2, -0.15) is 0 Å². The van der Waals surface area contributed by atoms with Crippen molar-refractivity contribution < 1.29 is 28.3 Å². The summed E-state index contributed by atoms with van der Waals surface area (Å²) in [7, 11) is 1.53. The molecule has 1 fully saturated rings. The molecule has 0 spiro atoms. The Morgan fingerprint density at radius 1 is 1.50 bits per heavy atom. The van der Waals surface area contributed by atoms with Crippen molar-refractivity contribution in [3.8, 4) is 0 Å². The molecule has 0 aromatic carbocycles. The largest absolute Gasteiger partial charge is 0.467 e. The van der Waals surface area contributed by atoms with Gasteiger partial charge in [0.2, 0.25) is 5.91 Å². The molecular formula is C16H22N2O6. The summed E-state index contributed by atoms with van der Waals surface area (Å²) in [6.07, 6.45) is 0.701. The van der Waals surface area contributed by atoms with E-state index in [-0.39, 0.29) is 18.9 Å². The topological polar surface area (TPSA) is 98.1 Å². The molecule has 132 valence electrons. The standard InChI is InChI=1S/C16H22N2O6/c1-11(15(20)17-5-7-22-2)24-16(21)12-8-14(19)18(9-12)10-13-4-3-6-23-13/h3-4,6,11-12H,5,7-10H2,1-2H3,(H,17,20)/t11-,12+/m1/s1. The van der Waals surface area contributed by atoms with Crippen molar-refractivity contribution in [2.75, 3.05) is 26.8 Å². The van der Waals surface area contributed by atoms with E-state index in [4.69, 9.17) is 13.9 Å². The van der Waals surface area contributed by atoms with Crippen molar-refractivity contribution >= 4 is 17.8 Å². The molecule has 1 aliphatic rings. The first-order valence-electron chi connectivity index (χ1n) is 7.78. The average Bonchev–Trinajstić information content (AvgIpc) is 3.18. The minimum atomic E-state index is -0.913. The van der Waals surface area contributed by atoms with Gasteiger partial charge in [-0.15, -0.1) is 0 Å². The van der Waals surface area contributed by atoms with Crippen molar-refractivity contribution in [1.82, 2.24) is 10.2 Å². The van der Waals surface area contributed by atoms with Gasteiger partial charge in [0.05, 0.1) is 25.3 Å². The minimum absolute atomic E-state index is 0.0809. The second-order valence-electron chi connectivity index (χ2n) is 5.62. The highest BCUT2D eigenvalue weighted by atomic mass is 16.5. The molecule has 0 saturated carbocycles. The fourth-order valence-electron chi connectivity index (χ4n) is 2.42. The number of likely N-dealkylation sites (tertiary alicyclic amines) is 1. The van der Waals surface area contributed by atoms with Gasteiger partial charge in [0.1, 0.15) is 5.76 Å². The molecule has 0 bridgehead atoms. The molecule has 1 aromatic rings. The van der Waals surface area contributed by atoms with Crippen LogP contribution in [0.3, 0.4) is 0 Å². The van der Waals surface area contributed by atoms with Crippen LogP contribution in [0, 0.1) is 5.92 Å². The van der Waals surface area contributed by atoms with Crippen LogP contribution in [0.25, 0.3) is 0 Å². The molecule has 8 heteroatoms. The molecule has 24 heavy (non-hydrogen) atoms. The van der Waals surface area contributed by atoms with Crippen molar-refractivity contribution in [3.05, 3.63) is 24.2 Å². The van der Waals surface area contributed by atoms with Crippen LogP contribution < -0.4 is 5.32 Å². The van der Waals surface area contributed by atoms with Gasteiger partial charge in [-0.1, -0.05) is 0 Å². The van der Waals surface area contributed by atoms with Crippen LogP contribution in [-0.2, 0) is 30.4 Å². The van der Waals surface area contributed by atoms with Crippen LogP contribution in [-0.4, -0.2) is 55.6 Å². The first-order chi connectivity index (χ1) is 11.5. The summed E-state index contributed by atoms with van der Waals surface area (Å²) >= 11 is 0. The van der Waals surface area contributed by atoms with E-state index in [1.807, 2.05) is 0 Å². The lowest BCUT2D eigenvalue weighted by Crippen LogP contribution is -2.38. The normalized spacial score (nSPS) is 18.5. The lowest BCUT2D eigenvalue weighted by atomic mass is 10.1. The van der Waals surface area contributed by atoms with E-state index in [1.165, 1.54) is 20.3 Å². The zero-order valence-electron chi connectivity index (χ0n) is 13.8. The second kappa shape index (κ2) is 8.49. The Morgan fingerprint density at radius 2 is 2.29 bits per heavy atom. The number of amides is 2. The number of hydrogen-bond donors (Lipinski definition) is 1. The van der Waals surface area contributed by atoms with Gasteiger partial charge in [-0.25, -0.2) is 0 Å². The summed E-state index contributed by atoms with van der Waals surface area (Å²) < 4.78 is 15.2. The average molecular weight is 338 g/mol. The number of ether oxygens (including phenoxy) is 2. The Hall–Kier alpha value is -2.35. The maximum absolute atomic E-state index is 12.2.